The molecule has 2 rings (SSSR count). The van der Waals surface area contributed by atoms with Gasteiger partial charge >= 0.3 is 0 Å². The molecule has 0 fully saturated rings. The van der Waals surface area contributed by atoms with Crippen LogP contribution in [0.2, 0.25) is 0 Å². The normalized spacial score (nSPS) is 12.4. The monoisotopic (exact) mass is 260 g/mol. The van der Waals surface area contributed by atoms with Gasteiger partial charge in [0, 0.05) is 25.2 Å². The number of aryl methyl sites for hydroxylation is 2. The van der Waals surface area contributed by atoms with E-state index in [1.165, 1.54) is 0 Å². The third-order valence-corrected chi connectivity index (χ3v) is 3.02. The summed E-state index contributed by atoms with van der Waals surface area (Å²) < 4.78 is 7.55. The van der Waals surface area contributed by atoms with Gasteiger partial charge in [0.15, 0.2) is 0 Å². The van der Waals surface area contributed by atoms with E-state index in [2.05, 4.69) is 5.10 Å². The molecule has 1 atom stereocenters. The Labute approximate surface area is 113 Å². The predicted molar refractivity (Wildman–Crippen MR) is 74.2 cm³/mol. The molecule has 0 spiro atoms. The summed E-state index contributed by atoms with van der Waals surface area (Å²) in [4.78, 5) is 0. The molecule has 102 valence electrons. The number of aliphatic hydroxyl groups is 1. The van der Waals surface area contributed by atoms with Gasteiger partial charge in [0.05, 0.1) is 18.9 Å². The van der Waals surface area contributed by atoms with Crippen molar-refractivity contribution < 1.29 is 9.84 Å². The zero-order valence-corrected chi connectivity index (χ0v) is 11.6. The predicted octanol–water partition coefficient (Wildman–Crippen LogP) is 2.40. The number of hydrogen-bond acceptors (Lipinski definition) is 3. The quantitative estimate of drug-likeness (QED) is 0.898. The van der Waals surface area contributed by atoms with Crippen molar-refractivity contribution in [3.63, 3.8) is 0 Å². The van der Waals surface area contributed by atoms with Gasteiger partial charge in [-0.05, 0) is 31.5 Å². The molecular weight excluding hydrogens is 240 g/mol. The third-order valence-electron chi connectivity index (χ3n) is 3.02. The SMILES string of the molecule is Cc1ccc(OCCc2cnn(C)c2)c([C@@H](C)O)c1. The maximum atomic E-state index is 9.76. The fraction of sp³-hybridized carbons (Fsp3) is 0.400. The van der Waals surface area contributed by atoms with Crippen LogP contribution in [-0.4, -0.2) is 21.5 Å². The average molecular weight is 260 g/mol. The summed E-state index contributed by atoms with van der Waals surface area (Å²) in [5.74, 6) is 0.754. The topological polar surface area (TPSA) is 47.3 Å². The highest BCUT2D eigenvalue weighted by Gasteiger charge is 2.09. The minimum atomic E-state index is -0.520. The molecule has 2 aromatic rings. The molecule has 1 aromatic heterocycles. The van der Waals surface area contributed by atoms with E-state index < -0.39 is 6.10 Å². The van der Waals surface area contributed by atoms with Gasteiger partial charge < -0.3 is 9.84 Å². The molecule has 0 aliphatic carbocycles. The number of ether oxygens (including phenoxy) is 1. The van der Waals surface area contributed by atoms with Gasteiger partial charge in [-0.1, -0.05) is 11.6 Å². The Balaban J connectivity index is 1.99. The molecule has 1 N–H and O–H groups in total. The van der Waals surface area contributed by atoms with Crippen molar-refractivity contribution in [3.8, 4) is 5.75 Å². The first-order chi connectivity index (χ1) is 9.06. The lowest BCUT2D eigenvalue weighted by Gasteiger charge is -2.14. The number of benzene rings is 1. The summed E-state index contributed by atoms with van der Waals surface area (Å²) in [7, 11) is 1.90. The molecule has 0 bridgehead atoms. The van der Waals surface area contributed by atoms with Gasteiger partial charge in [-0.3, -0.25) is 4.68 Å². The van der Waals surface area contributed by atoms with E-state index in [9.17, 15) is 5.11 Å². The van der Waals surface area contributed by atoms with Gasteiger partial charge in [-0.2, -0.15) is 5.10 Å². The van der Waals surface area contributed by atoms with Crippen LogP contribution in [0.1, 0.15) is 29.7 Å². The van der Waals surface area contributed by atoms with E-state index in [1.54, 1.807) is 11.6 Å². The summed E-state index contributed by atoms with van der Waals surface area (Å²) in [6, 6.07) is 5.87. The van der Waals surface area contributed by atoms with Crippen LogP contribution in [-0.2, 0) is 13.5 Å². The second-order valence-corrected chi connectivity index (χ2v) is 4.84. The zero-order valence-electron chi connectivity index (χ0n) is 11.6. The Kier molecular flexibility index (Phi) is 4.22. The molecular formula is C15H20N2O2. The van der Waals surface area contributed by atoms with Crippen molar-refractivity contribution >= 4 is 0 Å². The van der Waals surface area contributed by atoms with E-state index in [4.69, 9.17) is 4.74 Å². The van der Waals surface area contributed by atoms with Crippen LogP contribution in [0.3, 0.4) is 0 Å². The summed E-state index contributed by atoms with van der Waals surface area (Å²) in [5, 5.41) is 13.9. The molecule has 0 saturated heterocycles. The van der Waals surface area contributed by atoms with Crippen molar-refractivity contribution in [2.75, 3.05) is 6.61 Å². The molecule has 0 unspecified atom stereocenters. The third kappa shape index (κ3) is 3.58. The minimum Gasteiger partial charge on any atom is -0.493 e. The van der Waals surface area contributed by atoms with Crippen LogP contribution in [0.5, 0.6) is 5.75 Å². The van der Waals surface area contributed by atoms with Crippen molar-refractivity contribution in [3.05, 3.63) is 47.3 Å². The Hall–Kier alpha value is -1.81. The van der Waals surface area contributed by atoms with Crippen LogP contribution >= 0.6 is 0 Å². The standard InChI is InChI=1S/C15H20N2O2/c1-11-4-5-15(14(8-11)12(2)18)19-7-6-13-9-16-17(3)10-13/h4-5,8-10,12,18H,6-7H2,1-3H3/t12-/m1/s1. The van der Waals surface area contributed by atoms with Gasteiger partial charge in [0.2, 0.25) is 0 Å². The van der Waals surface area contributed by atoms with Crippen molar-refractivity contribution in [2.45, 2.75) is 26.4 Å². The van der Waals surface area contributed by atoms with Gasteiger partial charge in [-0.25, -0.2) is 0 Å². The lowest BCUT2D eigenvalue weighted by Crippen LogP contribution is -2.04. The largest absolute Gasteiger partial charge is 0.493 e. The Morgan fingerprint density at radius 1 is 1.42 bits per heavy atom. The molecule has 0 radical (unpaired) electrons. The Morgan fingerprint density at radius 3 is 2.84 bits per heavy atom. The van der Waals surface area contributed by atoms with Gasteiger partial charge in [0.25, 0.3) is 0 Å². The molecule has 4 nitrogen and oxygen atoms in total. The van der Waals surface area contributed by atoms with Crippen LogP contribution in [0, 0.1) is 6.92 Å². The van der Waals surface area contributed by atoms with Crippen LogP contribution < -0.4 is 4.74 Å². The zero-order chi connectivity index (χ0) is 13.8. The molecule has 1 aromatic carbocycles. The molecule has 0 saturated carbocycles. The van der Waals surface area contributed by atoms with E-state index in [0.717, 1.165) is 28.9 Å². The maximum absolute atomic E-state index is 9.76. The van der Waals surface area contributed by atoms with Crippen molar-refractivity contribution in [2.24, 2.45) is 7.05 Å². The second kappa shape index (κ2) is 5.89. The molecule has 1 heterocycles. The first-order valence-corrected chi connectivity index (χ1v) is 6.45. The molecule has 19 heavy (non-hydrogen) atoms. The number of rotatable bonds is 5. The number of nitrogens with zero attached hydrogens (tertiary/aromatic N) is 2. The highest BCUT2D eigenvalue weighted by Crippen LogP contribution is 2.26. The highest BCUT2D eigenvalue weighted by atomic mass is 16.5. The summed E-state index contributed by atoms with van der Waals surface area (Å²) in [5.41, 5.74) is 3.11. The summed E-state index contributed by atoms with van der Waals surface area (Å²) in [6.45, 7) is 4.34. The second-order valence-electron chi connectivity index (χ2n) is 4.84. The highest BCUT2D eigenvalue weighted by molar-refractivity contribution is 5.38. The van der Waals surface area contributed by atoms with E-state index in [-0.39, 0.29) is 0 Å². The van der Waals surface area contributed by atoms with E-state index in [0.29, 0.717) is 6.61 Å². The molecule has 4 heteroatoms. The smallest absolute Gasteiger partial charge is 0.125 e. The fourth-order valence-corrected chi connectivity index (χ4v) is 2.01. The molecule has 0 aliphatic heterocycles. The lowest BCUT2D eigenvalue weighted by molar-refractivity contribution is 0.191. The van der Waals surface area contributed by atoms with Crippen molar-refractivity contribution in [1.82, 2.24) is 9.78 Å². The van der Waals surface area contributed by atoms with Crippen molar-refractivity contribution in [1.29, 1.82) is 0 Å². The first kappa shape index (κ1) is 13.6. The number of aromatic nitrogens is 2. The number of aliphatic hydroxyl groups excluding tert-OH is 1. The van der Waals surface area contributed by atoms with Crippen LogP contribution in [0.25, 0.3) is 0 Å². The van der Waals surface area contributed by atoms with Crippen LogP contribution in [0.15, 0.2) is 30.6 Å². The van der Waals surface area contributed by atoms with Gasteiger partial charge in [0.1, 0.15) is 5.75 Å². The first-order valence-electron chi connectivity index (χ1n) is 6.45. The van der Waals surface area contributed by atoms with Crippen LogP contribution in [0.4, 0.5) is 0 Å². The lowest BCUT2D eigenvalue weighted by atomic mass is 10.1. The maximum Gasteiger partial charge on any atom is 0.125 e. The molecule has 0 aliphatic rings. The Morgan fingerprint density at radius 2 is 2.21 bits per heavy atom. The van der Waals surface area contributed by atoms with E-state index in [1.807, 2.05) is 44.6 Å². The minimum absolute atomic E-state index is 0.520. The Bertz CT molecular complexity index is 547. The summed E-state index contributed by atoms with van der Waals surface area (Å²) in [6.07, 6.45) is 4.11. The summed E-state index contributed by atoms with van der Waals surface area (Å²) >= 11 is 0. The van der Waals surface area contributed by atoms with E-state index >= 15 is 0 Å². The average Bonchev–Trinajstić information content (AvgIpc) is 2.77. The number of hydrogen-bond donors (Lipinski definition) is 1. The molecule has 0 amide bonds. The fourth-order valence-electron chi connectivity index (χ4n) is 2.01. The van der Waals surface area contributed by atoms with Gasteiger partial charge in [-0.15, -0.1) is 0 Å².